The molecule has 2 aliphatic rings. The summed E-state index contributed by atoms with van der Waals surface area (Å²) in [6.07, 6.45) is 9.76. The minimum absolute atomic E-state index is 0.0715. The number of fused-ring (bicyclic) bond motifs is 1. The third kappa shape index (κ3) is 3.03. The van der Waals surface area contributed by atoms with Gasteiger partial charge in [0.15, 0.2) is 5.78 Å². The molecule has 1 aromatic rings. The van der Waals surface area contributed by atoms with E-state index < -0.39 is 0 Å². The van der Waals surface area contributed by atoms with Gasteiger partial charge >= 0.3 is 0 Å². The molecule has 1 heterocycles. The average molecular weight is 348 g/mol. The van der Waals surface area contributed by atoms with Crippen LogP contribution in [0.1, 0.15) is 33.3 Å². The number of likely N-dealkylation sites (N-methyl/N-ethyl adjacent to an activating group) is 2. The molecule has 0 N–H and O–H groups in total. The van der Waals surface area contributed by atoms with E-state index in [9.17, 15) is 4.79 Å². The van der Waals surface area contributed by atoms with Crippen molar-refractivity contribution in [1.29, 1.82) is 0 Å². The average Bonchev–Trinajstić information content (AvgIpc) is 2.82. The van der Waals surface area contributed by atoms with E-state index in [0.29, 0.717) is 0 Å². The van der Waals surface area contributed by atoms with Crippen molar-refractivity contribution < 1.29 is 4.79 Å². The molecular formula is C23H28N2O. The number of carbonyl (C=O) groups excluding carboxylic acids is 1. The highest BCUT2D eigenvalue weighted by molar-refractivity contribution is 6.08. The number of anilines is 1. The van der Waals surface area contributed by atoms with Crippen LogP contribution in [0.25, 0.3) is 0 Å². The lowest BCUT2D eigenvalue weighted by molar-refractivity contribution is -0.111. The van der Waals surface area contributed by atoms with Gasteiger partial charge in [0.1, 0.15) is 0 Å². The van der Waals surface area contributed by atoms with Gasteiger partial charge in [0.2, 0.25) is 0 Å². The van der Waals surface area contributed by atoms with Crippen LogP contribution in [0.2, 0.25) is 0 Å². The number of hydrogen-bond acceptors (Lipinski definition) is 3. The zero-order valence-electron chi connectivity index (χ0n) is 16.4. The summed E-state index contributed by atoms with van der Waals surface area (Å²) >= 11 is 0. The minimum atomic E-state index is -0.0773. The lowest BCUT2D eigenvalue weighted by Gasteiger charge is -2.24. The lowest BCUT2D eigenvalue weighted by Crippen LogP contribution is -2.23. The molecule has 1 aliphatic carbocycles. The quantitative estimate of drug-likeness (QED) is 0.744. The third-order valence-corrected chi connectivity index (χ3v) is 5.49. The molecule has 136 valence electrons. The van der Waals surface area contributed by atoms with Gasteiger partial charge in [-0.3, -0.25) is 4.79 Å². The fraction of sp³-hybridized carbons (Fsp3) is 0.348. The van der Waals surface area contributed by atoms with E-state index in [-0.39, 0.29) is 11.2 Å². The largest absolute Gasteiger partial charge is 0.372 e. The summed E-state index contributed by atoms with van der Waals surface area (Å²) < 4.78 is 0. The molecule has 0 amide bonds. The molecule has 0 atom stereocenters. The summed E-state index contributed by atoms with van der Waals surface area (Å²) in [7, 11) is 2.09. The number of carbonyl (C=O) groups is 1. The maximum Gasteiger partial charge on any atom is 0.187 e. The van der Waals surface area contributed by atoms with E-state index in [0.717, 1.165) is 24.4 Å². The summed E-state index contributed by atoms with van der Waals surface area (Å²) in [5.41, 5.74) is 5.40. The standard InChI is InChI=1S/C23H28N2O/c1-6-25(7-2)18-14-12-17(21(26)16-18)13-15-22-23(3,4)19-10-8-9-11-20(19)24(22)5/h8-16H,6-7H2,1-5H3. The van der Waals surface area contributed by atoms with Crippen LogP contribution in [0.3, 0.4) is 0 Å². The van der Waals surface area contributed by atoms with Crippen LogP contribution < -0.4 is 4.90 Å². The number of allylic oxidation sites excluding steroid dienone is 7. The normalized spacial score (nSPS) is 21.3. The van der Waals surface area contributed by atoms with Crippen molar-refractivity contribution in [2.75, 3.05) is 25.0 Å². The molecular weight excluding hydrogens is 320 g/mol. The Morgan fingerprint density at radius 1 is 1.08 bits per heavy atom. The van der Waals surface area contributed by atoms with Crippen LogP contribution in [0, 0.1) is 0 Å². The highest BCUT2D eigenvalue weighted by Crippen LogP contribution is 2.46. The minimum Gasteiger partial charge on any atom is -0.372 e. The summed E-state index contributed by atoms with van der Waals surface area (Å²) in [6.45, 7) is 10.5. The Labute approximate surface area is 157 Å². The smallest absolute Gasteiger partial charge is 0.187 e. The van der Waals surface area contributed by atoms with Crippen molar-refractivity contribution in [3.05, 3.63) is 77.2 Å². The Balaban J connectivity index is 1.89. The van der Waals surface area contributed by atoms with Crippen molar-refractivity contribution >= 4 is 11.5 Å². The number of ketones is 1. The lowest BCUT2D eigenvalue weighted by atomic mass is 9.83. The molecule has 1 aliphatic heterocycles. The highest BCUT2D eigenvalue weighted by Gasteiger charge is 2.37. The van der Waals surface area contributed by atoms with Gasteiger partial charge in [-0.05, 0) is 49.8 Å². The van der Waals surface area contributed by atoms with Crippen LogP contribution in [-0.4, -0.2) is 30.8 Å². The predicted octanol–water partition coefficient (Wildman–Crippen LogP) is 4.59. The van der Waals surface area contributed by atoms with Crippen molar-refractivity contribution in [2.24, 2.45) is 0 Å². The fourth-order valence-electron chi connectivity index (χ4n) is 3.92. The van der Waals surface area contributed by atoms with E-state index in [2.05, 4.69) is 74.9 Å². The van der Waals surface area contributed by atoms with Gasteiger partial charge in [0.05, 0.1) is 0 Å². The SMILES string of the molecule is CCN(CC)C1=CC(=O)C(=CC=C2N(C)c3ccccc3C2(C)C)C=C1. The summed E-state index contributed by atoms with van der Waals surface area (Å²) in [5, 5.41) is 0. The molecule has 0 radical (unpaired) electrons. The predicted molar refractivity (Wildman–Crippen MR) is 109 cm³/mol. The second kappa shape index (κ2) is 6.99. The van der Waals surface area contributed by atoms with Gasteiger partial charge in [-0.25, -0.2) is 0 Å². The molecule has 1 aromatic carbocycles. The molecule has 0 saturated heterocycles. The fourth-order valence-corrected chi connectivity index (χ4v) is 3.92. The van der Waals surface area contributed by atoms with Crippen LogP contribution >= 0.6 is 0 Å². The maximum absolute atomic E-state index is 12.5. The van der Waals surface area contributed by atoms with Gasteiger partial charge < -0.3 is 9.80 Å². The zero-order valence-corrected chi connectivity index (χ0v) is 16.4. The van der Waals surface area contributed by atoms with E-state index in [1.54, 1.807) is 6.08 Å². The van der Waals surface area contributed by atoms with Crippen molar-refractivity contribution in [2.45, 2.75) is 33.1 Å². The van der Waals surface area contributed by atoms with Gasteiger partial charge in [0, 0.05) is 54.3 Å². The third-order valence-electron chi connectivity index (χ3n) is 5.49. The first-order valence-corrected chi connectivity index (χ1v) is 9.34. The van der Waals surface area contributed by atoms with Crippen molar-refractivity contribution in [1.82, 2.24) is 4.90 Å². The Kier molecular flexibility index (Phi) is 4.90. The van der Waals surface area contributed by atoms with Crippen LogP contribution in [0.5, 0.6) is 0 Å². The van der Waals surface area contributed by atoms with Gasteiger partial charge in [0.25, 0.3) is 0 Å². The first kappa shape index (κ1) is 18.2. The molecule has 3 rings (SSSR count). The number of para-hydroxylation sites is 1. The first-order valence-electron chi connectivity index (χ1n) is 9.34. The van der Waals surface area contributed by atoms with Gasteiger partial charge in [-0.2, -0.15) is 0 Å². The molecule has 0 saturated carbocycles. The number of rotatable bonds is 4. The Bertz CT molecular complexity index is 836. The summed E-state index contributed by atoms with van der Waals surface area (Å²) in [5.74, 6) is 0.0715. The number of benzene rings is 1. The Morgan fingerprint density at radius 3 is 2.38 bits per heavy atom. The van der Waals surface area contributed by atoms with E-state index in [1.165, 1.54) is 16.9 Å². The van der Waals surface area contributed by atoms with Crippen molar-refractivity contribution in [3.63, 3.8) is 0 Å². The molecule has 26 heavy (non-hydrogen) atoms. The second-order valence-electron chi connectivity index (χ2n) is 7.31. The molecule has 0 unspecified atom stereocenters. The Hall–Kier alpha value is -2.55. The molecule has 0 spiro atoms. The number of hydrogen-bond donors (Lipinski definition) is 0. The topological polar surface area (TPSA) is 23.6 Å². The molecule has 3 nitrogen and oxygen atoms in total. The molecule has 3 heteroatoms. The van der Waals surface area contributed by atoms with Gasteiger partial charge in [-0.1, -0.05) is 32.0 Å². The van der Waals surface area contributed by atoms with Crippen LogP contribution in [0.15, 0.2) is 71.6 Å². The van der Waals surface area contributed by atoms with E-state index >= 15 is 0 Å². The van der Waals surface area contributed by atoms with Crippen LogP contribution in [-0.2, 0) is 10.2 Å². The maximum atomic E-state index is 12.5. The summed E-state index contributed by atoms with van der Waals surface area (Å²) in [4.78, 5) is 17.0. The van der Waals surface area contributed by atoms with E-state index in [4.69, 9.17) is 0 Å². The first-order chi connectivity index (χ1) is 12.4. The highest BCUT2D eigenvalue weighted by atomic mass is 16.1. The molecule has 0 fully saturated rings. The van der Waals surface area contributed by atoms with Crippen LogP contribution in [0.4, 0.5) is 5.69 Å². The number of nitrogens with zero attached hydrogens (tertiary/aromatic N) is 2. The molecule has 0 bridgehead atoms. The monoisotopic (exact) mass is 348 g/mol. The molecule has 0 aromatic heterocycles. The Morgan fingerprint density at radius 2 is 1.77 bits per heavy atom. The second-order valence-corrected chi connectivity index (χ2v) is 7.31. The summed E-state index contributed by atoms with van der Waals surface area (Å²) in [6, 6.07) is 8.49. The van der Waals surface area contributed by atoms with E-state index in [1.807, 2.05) is 18.2 Å². The zero-order chi connectivity index (χ0) is 18.9. The van der Waals surface area contributed by atoms with Crippen molar-refractivity contribution in [3.8, 4) is 0 Å². The van der Waals surface area contributed by atoms with Gasteiger partial charge in [-0.15, -0.1) is 0 Å².